The lowest BCUT2D eigenvalue weighted by atomic mass is 9.99. The third-order valence-corrected chi connectivity index (χ3v) is 1.38. The molecule has 2 nitrogen and oxygen atoms in total. The van der Waals surface area contributed by atoms with Crippen molar-refractivity contribution in [2.24, 2.45) is 0 Å². The van der Waals surface area contributed by atoms with Crippen LogP contribution in [0.25, 0.3) is 0 Å². The van der Waals surface area contributed by atoms with Gasteiger partial charge in [0, 0.05) is 6.42 Å². The van der Waals surface area contributed by atoms with Crippen LogP contribution in [0.1, 0.15) is 33.6 Å². The van der Waals surface area contributed by atoms with Crippen molar-refractivity contribution < 1.29 is 10.2 Å². The Morgan fingerprint density at radius 2 is 2.00 bits per heavy atom. The van der Waals surface area contributed by atoms with Crippen molar-refractivity contribution in [2.75, 3.05) is 0 Å². The van der Waals surface area contributed by atoms with E-state index in [-0.39, 0.29) is 0 Å². The molecule has 0 aromatic rings. The standard InChI is InChI=1S/C9H18O2/c1-4-5-6-8(10)7-9(2,3)11/h4-5,8,10-11H,6-7H2,1-3H3. The first-order valence-corrected chi connectivity index (χ1v) is 3.97. The molecule has 1 unspecified atom stereocenters. The van der Waals surface area contributed by atoms with Gasteiger partial charge >= 0.3 is 0 Å². The van der Waals surface area contributed by atoms with Gasteiger partial charge in [0.1, 0.15) is 0 Å². The molecule has 0 aromatic carbocycles. The molecule has 11 heavy (non-hydrogen) atoms. The largest absolute Gasteiger partial charge is 0.393 e. The summed E-state index contributed by atoms with van der Waals surface area (Å²) in [5.74, 6) is 0. The van der Waals surface area contributed by atoms with Crippen LogP contribution in [-0.2, 0) is 0 Å². The molecule has 0 spiro atoms. The lowest BCUT2D eigenvalue weighted by Gasteiger charge is -2.20. The summed E-state index contributed by atoms with van der Waals surface area (Å²) in [6.07, 6.45) is 4.42. The van der Waals surface area contributed by atoms with E-state index in [1.807, 2.05) is 19.1 Å². The molecule has 0 aliphatic rings. The highest BCUT2D eigenvalue weighted by Gasteiger charge is 2.17. The van der Waals surface area contributed by atoms with Crippen LogP contribution in [0.3, 0.4) is 0 Å². The molecule has 1 atom stereocenters. The van der Waals surface area contributed by atoms with E-state index < -0.39 is 11.7 Å². The Morgan fingerprint density at radius 3 is 2.36 bits per heavy atom. The van der Waals surface area contributed by atoms with Crippen molar-refractivity contribution in [3.05, 3.63) is 12.2 Å². The number of aliphatic hydroxyl groups is 2. The summed E-state index contributed by atoms with van der Waals surface area (Å²) in [4.78, 5) is 0. The molecule has 0 heterocycles. The first-order valence-electron chi connectivity index (χ1n) is 3.97. The number of hydrogen-bond acceptors (Lipinski definition) is 2. The summed E-state index contributed by atoms with van der Waals surface area (Å²) in [6.45, 7) is 5.31. The number of hydrogen-bond donors (Lipinski definition) is 2. The maximum atomic E-state index is 9.30. The Bertz CT molecular complexity index is 122. The van der Waals surface area contributed by atoms with Gasteiger partial charge in [-0.15, -0.1) is 0 Å². The van der Waals surface area contributed by atoms with Crippen molar-refractivity contribution in [1.29, 1.82) is 0 Å². The average molecular weight is 158 g/mol. The Labute approximate surface area is 68.6 Å². The van der Waals surface area contributed by atoms with Gasteiger partial charge in [-0.25, -0.2) is 0 Å². The van der Waals surface area contributed by atoms with Crippen LogP contribution in [0.15, 0.2) is 12.2 Å². The predicted molar refractivity (Wildman–Crippen MR) is 46.4 cm³/mol. The summed E-state index contributed by atoms with van der Waals surface area (Å²) in [5.41, 5.74) is -0.763. The van der Waals surface area contributed by atoms with Gasteiger partial charge in [-0.2, -0.15) is 0 Å². The zero-order valence-electron chi connectivity index (χ0n) is 7.54. The molecule has 0 rings (SSSR count). The third-order valence-electron chi connectivity index (χ3n) is 1.38. The summed E-state index contributed by atoms with van der Waals surface area (Å²) in [6, 6.07) is 0. The minimum absolute atomic E-state index is 0.425. The molecule has 0 amide bonds. The zero-order chi connectivity index (χ0) is 8.91. The van der Waals surface area contributed by atoms with E-state index in [2.05, 4.69) is 0 Å². The van der Waals surface area contributed by atoms with Crippen LogP contribution in [-0.4, -0.2) is 21.9 Å². The highest BCUT2D eigenvalue weighted by molar-refractivity contribution is 4.82. The Balaban J connectivity index is 3.60. The minimum atomic E-state index is -0.763. The summed E-state index contributed by atoms with van der Waals surface area (Å²) < 4.78 is 0. The van der Waals surface area contributed by atoms with Gasteiger partial charge in [-0.1, -0.05) is 12.2 Å². The summed E-state index contributed by atoms with van der Waals surface area (Å²) in [7, 11) is 0. The lowest BCUT2D eigenvalue weighted by molar-refractivity contribution is 0.0197. The number of rotatable bonds is 4. The van der Waals surface area contributed by atoms with Crippen molar-refractivity contribution in [2.45, 2.75) is 45.3 Å². The number of aliphatic hydroxyl groups excluding tert-OH is 1. The smallest absolute Gasteiger partial charge is 0.0616 e. The van der Waals surface area contributed by atoms with E-state index in [0.717, 1.165) is 0 Å². The average Bonchev–Trinajstić information content (AvgIpc) is 1.79. The molecular formula is C9H18O2. The molecule has 0 aromatic heterocycles. The Morgan fingerprint density at radius 1 is 1.45 bits per heavy atom. The topological polar surface area (TPSA) is 40.5 Å². The molecule has 0 bridgehead atoms. The fraction of sp³-hybridized carbons (Fsp3) is 0.778. The van der Waals surface area contributed by atoms with Crippen LogP contribution >= 0.6 is 0 Å². The Kier molecular flexibility index (Phi) is 4.38. The Hall–Kier alpha value is -0.340. The van der Waals surface area contributed by atoms with Crippen molar-refractivity contribution >= 4 is 0 Å². The van der Waals surface area contributed by atoms with Gasteiger partial charge in [-0.05, 0) is 27.2 Å². The third kappa shape index (κ3) is 7.56. The predicted octanol–water partition coefficient (Wildman–Crippen LogP) is 1.47. The fourth-order valence-electron chi connectivity index (χ4n) is 0.953. The number of allylic oxidation sites excluding steroid dienone is 1. The van der Waals surface area contributed by atoms with Gasteiger partial charge in [0.2, 0.25) is 0 Å². The second-order valence-electron chi connectivity index (χ2n) is 3.48. The normalized spacial score (nSPS) is 15.7. The van der Waals surface area contributed by atoms with Gasteiger partial charge < -0.3 is 10.2 Å². The lowest BCUT2D eigenvalue weighted by Crippen LogP contribution is -2.25. The van der Waals surface area contributed by atoms with Crippen LogP contribution in [0.4, 0.5) is 0 Å². The van der Waals surface area contributed by atoms with Gasteiger partial charge in [0.25, 0.3) is 0 Å². The maximum Gasteiger partial charge on any atom is 0.0616 e. The molecule has 0 saturated heterocycles. The monoisotopic (exact) mass is 158 g/mol. The molecule has 0 aliphatic carbocycles. The van der Waals surface area contributed by atoms with Gasteiger partial charge in [-0.3, -0.25) is 0 Å². The maximum absolute atomic E-state index is 9.30. The van der Waals surface area contributed by atoms with E-state index >= 15 is 0 Å². The quantitative estimate of drug-likeness (QED) is 0.608. The van der Waals surface area contributed by atoms with Crippen molar-refractivity contribution in [1.82, 2.24) is 0 Å². The molecule has 2 heteroatoms. The molecule has 66 valence electrons. The van der Waals surface area contributed by atoms with E-state index in [1.165, 1.54) is 0 Å². The van der Waals surface area contributed by atoms with E-state index in [4.69, 9.17) is 0 Å². The van der Waals surface area contributed by atoms with Crippen LogP contribution in [0.5, 0.6) is 0 Å². The van der Waals surface area contributed by atoms with Crippen LogP contribution < -0.4 is 0 Å². The van der Waals surface area contributed by atoms with Crippen LogP contribution in [0.2, 0.25) is 0 Å². The zero-order valence-corrected chi connectivity index (χ0v) is 7.54. The first-order chi connectivity index (χ1) is 4.95. The molecule has 0 aliphatic heterocycles. The SMILES string of the molecule is CC=CCC(O)CC(C)(C)O. The molecule has 0 radical (unpaired) electrons. The van der Waals surface area contributed by atoms with Crippen LogP contribution in [0, 0.1) is 0 Å². The summed E-state index contributed by atoms with van der Waals surface area (Å²) >= 11 is 0. The van der Waals surface area contributed by atoms with Crippen molar-refractivity contribution in [3.63, 3.8) is 0 Å². The van der Waals surface area contributed by atoms with Crippen molar-refractivity contribution in [3.8, 4) is 0 Å². The molecule has 0 fully saturated rings. The van der Waals surface area contributed by atoms with E-state index in [1.54, 1.807) is 13.8 Å². The fourth-order valence-corrected chi connectivity index (χ4v) is 0.953. The van der Waals surface area contributed by atoms with Gasteiger partial charge in [0.05, 0.1) is 11.7 Å². The highest BCUT2D eigenvalue weighted by Crippen LogP contribution is 2.12. The highest BCUT2D eigenvalue weighted by atomic mass is 16.3. The summed E-state index contributed by atoms with van der Waals surface area (Å²) in [5, 5.41) is 18.6. The second-order valence-corrected chi connectivity index (χ2v) is 3.48. The van der Waals surface area contributed by atoms with E-state index in [0.29, 0.717) is 12.8 Å². The second kappa shape index (κ2) is 4.52. The van der Waals surface area contributed by atoms with E-state index in [9.17, 15) is 10.2 Å². The van der Waals surface area contributed by atoms with Gasteiger partial charge in [0.15, 0.2) is 0 Å². The minimum Gasteiger partial charge on any atom is -0.393 e. The molecule has 2 N–H and O–H groups in total. The first kappa shape index (κ1) is 10.7. The molecule has 0 saturated carbocycles. The molecular weight excluding hydrogens is 140 g/mol.